The molecule has 1 amide bonds. The van der Waals surface area contributed by atoms with Gasteiger partial charge < -0.3 is 0 Å². The maximum Gasteiger partial charge on any atom is 0.255 e. The summed E-state index contributed by atoms with van der Waals surface area (Å²) in [4.78, 5) is 12.6. The Morgan fingerprint density at radius 2 is 1.66 bits per heavy atom. The van der Waals surface area contributed by atoms with Gasteiger partial charge in [-0.3, -0.25) is 4.79 Å². The maximum atomic E-state index is 13.1. The van der Waals surface area contributed by atoms with Gasteiger partial charge in [0, 0.05) is 12.3 Å². The van der Waals surface area contributed by atoms with Gasteiger partial charge >= 0.3 is 0 Å². The molecule has 2 aromatic rings. The van der Waals surface area contributed by atoms with Crippen LogP contribution in [0.15, 0.2) is 70.7 Å². The average Bonchev–Trinajstić information content (AvgIpc) is 2.74. The van der Waals surface area contributed by atoms with Gasteiger partial charge in [-0.2, -0.15) is 9.41 Å². The second-order valence-corrected chi connectivity index (χ2v) is 8.81. The maximum absolute atomic E-state index is 13.1. The number of hydrogen-bond acceptors (Lipinski definition) is 4. The van der Waals surface area contributed by atoms with E-state index >= 15 is 0 Å². The van der Waals surface area contributed by atoms with E-state index in [1.807, 2.05) is 37.3 Å². The Balaban J connectivity index is 2.12. The van der Waals surface area contributed by atoms with Crippen LogP contribution >= 0.6 is 0 Å². The minimum atomic E-state index is -3.79. The van der Waals surface area contributed by atoms with Crippen molar-refractivity contribution in [1.82, 2.24) is 9.73 Å². The van der Waals surface area contributed by atoms with Gasteiger partial charge in [-0.15, -0.1) is 0 Å². The first kappa shape index (κ1) is 22.8. The number of nitrogens with zero attached hydrogens (tertiary/aromatic N) is 2. The lowest BCUT2D eigenvalue weighted by molar-refractivity contribution is -0.121. The average molecular weight is 416 g/mol. The number of benzene rings is 2. The summed E-state index contributed by atoms with van der Waals surface area (Å²) in [5.41, 5.74) is 4.32. The molecule has 0 fully saturated rings. The first-order valence-corrected chi connectivity index (χ1v) is 11.3. The number of rotatable bonds is 11. The van der Waals surface area contributed by atoms with Crippen molar-refractivity contribution in [2.45, 2.75) is 44.4 Å². The zero-order valence-electron chi connectivity index (χ0n) is 17.0. The molecule has 0 saturated heterocycles. The van der Waals surface area contributed by atoms with E-state index in [0.29, 0.717) is 6.42 Å². The first-order valence-electron chi connectivity index (χ1n) is 9.84. The van der Waals surface area contributed by atoms with Crippen molar-refractivity contribution in [3.05, 3.63) is 66.2 Å². The number of carbonyl (C=O) groups excluding carboxylic acids is 1. The van der Waals surface area contributed by atoms with Crippen LogP contribution in [0.4, 0.5) is 0 Å². The van der Waals surface area contributed by atoms with Crippen molar-refractivity contribution in [2.75, 3.05) is 13.1 Å². The van der Waals surface area contributed by atoms with E-state index in [1.165, 1.54) is 16.4 Å². The zero-order chi connectivity index (χ0) is 21.1. The van der Waals surface area contributed by atoms with Crippen LogP contribution in [0.5, 0.6) is 0 Å². The fraction of sp³-hybridized carbons (Fsp3) is 0.364. The van der Waals surface area contributed by atoms with E-state index < -0.39 is 15.9 Å². The van der Waals surface area contributed by atoms with Crippen LogP contribution < -0.4 is 5.43 Å². The standard InChI is InChI=1S/C22H29N3O3S/c1-3-4-11-19(2)23-24-22(26)18-25(17-16-20-12-7-5-8-13-20)29(27,28)21-14-9-6-10-15-21/h5-10,12-15H,3-4,11,16-18H2,1-2H3,(H,24,26)/b23-19+. The Morgan fingerprint density at radius 1 is 1.03 bits per heavy atom. The first-order chi connectivity index (χ1) is 13.9. The minimum Gasteiger partial charge on any atom is -0.272 e. The van der Waals surface area contributed by atoms with Gasteiger partial charge in [0.05, 0.1) is 11.4 Å². The molecule has 0 unspecified atom stereocenters. The van der Waals surface area contributed by atoms with Crippen molar-refractivity contribution in [3.63, 3.8) is 0 Å². The molecule has 0 heterocycles. The SMILES string of the molecule is CCCC/C(C)=N/NC(=O)CN(CCc1ccccc1)S(=O)(=O)c1ccccc1. The summed E-state index contributed by atoms with van der Waals surface area (Å²) < 4.78 is 27.4. The van der Waals surface area contributed by atoms with Crippen molar-refractivity contribution in [1.29, 1.82) is 0 Å². The van der Waals surface area contributed by atoms with Gasteiger partial charge in [0.2, 0.25) is 10.0 Å². The highest BCUT2D eigenvalue weighted by Gasteiger charge is 2.26. The number of amides is 1. The summed E-state index contributed by atoms with van der Waals surface area (Å²) in [6, 6.07) is 17.8. The highest BCUT2D eigenvalue weighted by molar-refractivity contribution is 7.89. The molecule has 0 bridgehead atoms. The molecule has 1 N–H and O–H groups in total. The topological polar surface area (TPSA) is 78.8 Å². The fourth-order valence-corrected chi connectivity index (χ4v) is 4.18. The van der Waals surface area contributed by atoms with Crippen LogP contribution in [-0.4, -0.2) is 37.4 Å². The minimum absolute atomic E-state index is 0.170. The van der Waals surface area contributed by atoms with Crippen LogP contribution in [0.25, 0.3) is 0 Å². The summed E-state index contributed by atoms with van der Waals surface area (Å²) in [7, 11) is -3.79. The lowest BCUT2D eigenvalue weighted by Crippen LogP contribution is -2.40. The summed E-state index contributed by atoms with van der Waals surface area (Å²) in [6.07, 6.45) is 3.36. The fourth-order valence-electron chi connectivity index (χ4n) is 2.77. The molecule has 0 aliphatic carbocycles. The van der Waals surface area contributed by atoms with Gasteiger partial charge in [-0.25, -0.2) is 13.8 Å². The van der Waals surface area contributed by atoms with E-state index in [4.69, 9.17) is 0 Å². The van der Waals surface area contributed by atoms with E-state index in [9.17, 15) is 13.2 Å². The van der Waals surface area contributed by atoms with Gasteiger partial charge in [-0.1, -0.05) is 61.9 Å². The predicted octanol–water partition coefficient (Wildman–Crippen LogP) is 3.60. The summed E-state index contributed by atoms with van der Waals surface area (Å²) in [6.45, 7) is 3.86. The molecular formula is C22H29N3O3S. The normalized spacial score (nSPS) is 12.2. The predicted molar refractivity (Wildman–Crippen MR) is 116 cm³/mol. The van der Waals surface area contributed by atoms with E-state index in [2.05, 4.69) is 17.5 Å². The Morgan fingerprint density at radius 3 is 2.28 bits per heavy atom. The molecule has 2 aromatic carbocycles. The van der Waals surface area contributed by atoms with E-state index in [0.717, 1.165) is 30.5 Å². The Kier molecular flexibility index (Phi) is 9.02. The number of nitrogens with one attached hydrogen (secondary N) is 1. The van der Waals surface area contributed by atoms with E-state index in [1.54, 1.807) is 18.2 Å². The monoisotopic (exact) mass is 415 g/mol. The molecule has 0 aliphatic heterocycles. The molecule has 0 aliphatic rings. The van der Waals surface area contributed by atoms with Crippen LogP contribution in [0, 0.1) is 0 Å². The Labute approximate surface area is 173 Å². The molecule has 29 heavy (non-hydrogen) atoms. The van der Waals surface area contributed by atoms with E-state index in [-0.39, 0.29) is 18.0 Å². The van der Waals surface area contributed by atoms with Crippen LogP contribution in [-0.2, 0) is 21.2 Å². The molecule has 0 atom stereocenters. The molecule has 6 nitrogen and oxygen atoms in total. The highest BCUT2D eigenvalue weighted by atomic mass is 32.2. The molecule has 0 spiro atoms. The lowest BCUT2D eigenvalue weighted by Gasteiger charge is -2.21. The lowest BCUT2D eigenvalue weighted by atomic mass is 10.1. The zero-order valence-corrected chi connectivity index (χ0v) is 17.9. The molecule has 2 rings (SSSR count). The molecule has 156 valence electrons. The molecule has 0 radical (unpaired) electrons. The van der Waals surface area contributed by atoms with Gasteiger partial charge in [0.1, 0.15) is 0 Å². The number of hydrogen-bond donors (Lipinski definition) is 1. The molecule has 7 heteroatoms. The Bertz CT molecular complexity index is 897. The van der Waals surface area contributed by atoms with Gasteiger partial charge in [0.15, 0.2) is 0 Å². The van der Waals surface area contributed by atoms with Crippen LogP contribution in [0.1, 0.15) is 38.7 Å². The Hall–Kier alpha value is -2.51. The third-order valence-corrected chi connectivity index (χ3v) is 6.32. The molecule has 0 aromatic heterocycles. The third kappa shape index (κ3) is 7.44. The van der Waals surface area contributed by atoms with Gasteiger partial charge in [-0.05, 0) is 43.9 Å². The van der Waals surface area contributed by atoms with Gasteiger partial charge in [0.25, 0.3) is 5.91 Å². The highest BCUT2D eigenvalue weighted by Crippen LogP contribution is 2.16. The largest absolute Gasteiger partial charge is 0.272 e. The second kappa shape index (κ2) is 11.5. The summed E-state index contributed by atoms with van der Waals surface area (Å²) in [5, 5.41) is 4.08. The second-order valence-electron chi connectivity index (χ2n) is 6.87. The smallest absolute Gasteiger partial charge is 0.255 e. The molecule has 0 saturated carbocycles. The number of carbonyl (C=O) groups is 1. The number of unbranched alkanes of at least 4 members (excludes halogenated alkanes) is 1. The third-order valence-electron chi connectivity index (χ3n) is 4.46. The van der Waals surface area contributed by atoms with Crippen molar-refractivity contribution < 1.29 is 13.2 Å². The van der Waals surface area contributed by atoms with Crippen molar-refractivity contribution in [3.8, 4) is 0 Å². The van der Waals surface area contributed by atoms with Crippen molar-refractivity contribution in [2.24, 2.45) is 5.10 Å². The number of hydrazone groups is 1. The van der Waals surface area contributed by atoms with Crippen LogP contribution in [0.2, 0.25) is 0 Å². The van der Waals surface area contributed by atoms with Crippen molar-refractivity contribution >= 4 is 21.6 Å². The number of sulfonamides is 1. The molecular weight excluding hydrogens is 386 g/mol. The summed E-state index contributed by atoms with van der Waals surface area (Å²) in [5.74, 6) is -0.451. The quantitative estimate of drug-likeness (QED) is 0.450. The van der Waals surface area contributed by atoms with Crippen LogP contribution in [0.3, 0.4) is 0 Å². The summed E-state index contributed by atoms with van der Waals surface area (Å²) >= 11 is 0.